The van der Waals surface area contributed by atoms with Crippen LogP contribution in [0, 0.1) is 0 Å². The van der Waals surface area contributed by atoms with E-state index in [1.807, 2.05) is 36.5 Å². The number of thioether (sulfide) groups is 1. The van der Waals surface area contributed by atoms with E-state index in [0.717, 1.165) is 10.7 Å². The van der Waals surface area contributed by atoms with Gasteiger partial charge in [-0.1, -0.05) is 58.0 Å². The Hall–Kier alpha value is -0.810. The number of hydrazone groups is 1. The van der Waals surface area contributed by atoms with Gasteiger partial charge in [0.1, 0.15) is 0 Å². The van der Waals surface area contributed by atoms with Crippen molar-refractivity contribution >= 4 is 39.1 Å². The minimum Gasteiger partial charge on any atom is -0.257 e. The first-order chi connectivity index (χ1) is 8.83. The molecule has 0 spiro atoms. The Bertz CT molecular complexity index is 474. The summed E-state index contributed by atoms with van der Waals surface area (Å²) in [6.45, 7) is 0. The van der Waals surface area contributed by atoms with Crippen LogP contribution in [0.2, 0.25) is 0 Å². The number of amidine groups is 1. The lowest BCUT2D eigenvalue weighted by Crippen LogP contribution is -2.17. The topological polar surface area (TPSA) is 36.8 Å². The summed E-state index contributed by atoms with van der Waals surface area (Å²) in [5, 5.41) is 5.76. The molecule has 1 aliphatic heterocycles. The largest absolute Gasteiger partial charge is 0.257 e. The van der Waals surface area contributed by atoms with E-state index >= 15 is 0 Å². The van der Waals surface area contributed by atoms with Crippen LogP contribution in [0.1, 0.15) is 18.4 Å². The van der Waals surface area contributed by atoms with Crippen molar-refractivity contribution in [1.82, 2.24) is 5.43 Å². The molecule has 1 aromatic carbocycles. The Balaban J connectivity index is 1.57. The number of aliphatic imine (C=N–C) groups is 1. The molecule has 1 aromatic rings. The standard InChI is InChI=1S/C13H14BrN3S/c14-10-6-7-11-12(10)18-13(16-11)17-15-8-9-4-2-1-3-5-9/h1-5,8,10-12H,6-7H2,(H,16,17)/b15-8+. The van der Waals surface area contributed by atoms with Gasteiger partial charge in [-0.3, -0.25) is 10.4 Å². The Morgan fingerprint density at radius 1 is 1.33 bits per heavy atom. The molecule has 3 unspecified atom stereocenters. The van der Waals surface area contributed by atoms with Crippen molar-refractivity contribution in [3.63, 3.8) is 0 Å². The van der Waals surface area contributed by atoms with E-state index in [9.17, 15) is 0 Å². The summed E-state index contributed by atoms with van der Waals surface area (Å²) in [7, 11) is 0. The zero-order valence-corrected chi connectivity index (χ0v) is 12.2. The van der Waals surface area contributed by atoms with Crippen molar-refractivity contribution in [3.8, 4) is 0 Å². The van der Waals surface area contributed by atoms with Gasteiger partial charge in [0.15, 0.2) is 5.17 Å². The zero-order valence-electron chi connectivity index (χ0n) is 9.79. The van der Waals surface area contributed by atoms with Crippen LogP contribution in [-0.2, 0) is 0 Å². The molecule has 0 radical (unpaired) electrons. The predicted octanol–water partition coefficient (Wildman–Crippen LogP) is 3.01. The molecule has 18 heavy (non-hydrogen) atoms. The molecule has 0 bridgehead atoms. The number of fused-ring (bicyclic) bond motifs is 1. The highest BCUT2D eigenvalue weighted by molar-refractivity contribution is 9.09. The molecule has 0 saturated heterocycles. The van der Waals surface area contributed by atoms with Gasteiger partial charge in [0.2, 0.25) is 0 Å². The second-order valence-electron chi connectivity index (χ2n) is 4.46. The van der Waals surface area contributed by atoms with Gasteiger partial charge >= 0.3 is 0 Å². The van der Waals surface area contributed by atoms with Crippen molar-refractivity contribution in [2.45, 2.75) is 29.0 Å². The van der Waals surface area contributed by atoms with Crippen LogP contribution in [0.15, 0.2) is 40.4 Å². The van der Waals surface area contributed by atoms with Gasteiger partial charge in [-0.15, -0.1) is 0 Å². The third kappa shape index (κ3) is 2.62. The summed E-state index contributed by atoms with van der Waals surface area (Å²) in [5.74, 6) is 0. The van der Waals surface area contributed by atoms with Crippen molar-refractivity contribution < 1.29 is 0 Å². The molecule has 5 heteroatoms. The molecule has 3 rings (SSSR count). The SMILES string of the molecule is BrC1CCC2N=C(N/N=C/c3ccccc3)SC12. The maximum Gasteiger partial charge on any atom is 0.177 e. The molecule has 2 aliphatic rings. The van der Waals surface area contributed by atoms with Crippen LogP contribution in [0.5, 0.6) is 0 Å². The smallest absolute Gasteiger partial charge is 0.177 e. The molecule has 0 amide bonds. The first kappa shape index (κ1) is 12.2. The van der Waals surface area contributed by atoms with Gasteiger partial charge in [0.25, 0.3) is 0 Å². The van der Waals surface area contributed by atoms with Gasteiger partial charge in [-0.05, 0) is 18.4 Å². The van der Waals surface area contributed by atoms with Crippen molar-refractivity contribution in [2.24, 2.45) is 10.1 Å². The summed E-state index contributed by atoms with van der Waals surface area (Å²) in [5.41, 5.74) is 4.13. The summed E-state index contributed by atoms with van der Waals surface area (Å²) in [4.78, 5) is 5.25. The highest BCUT2D eigenvalue weighted by Gasteiger charge is 2.40. The maximum atomic E-state index is 4.66. The van der Waals surface area contributed by atoms with Crippen molar-refractivity contribution in [3.05, 3.63) is 35.9 Å². The number of rotatable bonds is 2. The van der Waals surface area contributed by atoms with E-state index in [4.69, 9.17) is 0 Å². The highest BCUT2D eigenvalue weighted by atomic mass is 79.9. The fourth-order valence-corrected chi connectivity index (χ4v) is 4.39. The number of hydrogen-bond acceptors (Lipinski definition) is 4. The maximum absolute atomic E-state index is 4.66. The second kappa shape index (κ2) is 5.45. The molecular formula is C13H14BrN3S. The van der Waals surface area contributed by atoms with E-state index in [2.05, 4.69) is 31.4 Å². The first-order valence-electron chi connectivity index (χ1n) is 6.05. The summed E-state index contributed by atoms with van der Waals surface area (Å²) < 4.78 is 0. The van der Waals surface area contributed by atoms with Gasteiger partial charge in [0, 0.05) is 10.1 Å². The van der Waals surface area contributed by atoms with E-state index in [-0.39, 0.29) is 0 Å². The third-order valence-electron chi connectivity index (χ3n) is 3.18. The molecule has 1 fully saturated rings. The lowest BCUT2D eigenvalue weighted by molar-refractivity contribution is 0.729. The number of hydrogen-bond donors (Lipinski definition) is 1. The summed E-state index contributed by atoms with van der Waals surface area (Å²) in [6.07, 6.45) is 4.23. The van der Waals surface area contributed by atoms with Crippen molar-refractivity contribution in [2.75, 3.05) is 0 Å². The average Bonchev–Trinajstić information content (AvgIpc) is 2.94. The second-order valence-corrected chi connectivity index (χ2v) is 6.80. The number of nitrogens with one attached hydrogen (secondary N) is 1. The molecular weight excluding hydrogens is 310 g/mol. The Labute approximate surface area is 119 Å². The molecule has 0 aromatic heterocycles. The summed E-state index contributed by atoms with van der Waals surface area (Å²) in [6, 6.07) is 10.5. The van der Waals surface area contributed by atoms with Crippen LogP contribution in [0.4, 0.5) is 0 Å². The van der Waals surface area contributed by atoms with E-state index in [1.165, 1.54) is 12.8 Å². The minimum atomic E-state index is 0.466. The van der Waals surface area contributed by atoms with Gasteiger partial charge in [0.05, 0.1) is 12.3 Å². The Morgan fingerprint density at radius 2 is 2.17 bits per heavy atom. The zero-order chi connectivity index (χ0) is 12.4. The van der Waals surface area contributed by atoms with Gasteiger partial charge in [-0.25, -0.2) is 0 Å². The number of halogens is 1. The number of benzene rings is 1. The molecule has 94 valence electrons. The number of nitrogens with zero attached hydrogens (tertiary/aromatic N) is 2. The summed E-state index contributed by atoms with van der Waals surface area (Å²) >= 11 is 5.52. The Kier molecular flexibility index (Phi) is 3.70. The molecule has 3 nitrogen and oxygen atoms in total. The lowest BCUT2D eigenvalue weighted by atomic mass is 10.2. The highest BCUT2D eigenvalue weighted by Crippen LogP contribution is 2.41. The Morgan fingerprint density at radius 3 is 2.94 bits per heavy atom. The van der Waals surface area contributed by atoms with Crippen LogP contribution in [-0.4, -0.2) is 27.5 Å². The minimum absolute atomic E-state index is 0.466. The van der Waals surface area contributed by atoms with Gasteiger partial charge in [-0.2, -0.15) is 5.10 Å². The fourth-order valence-electron chi connectivity index (χ4n) is 2.26. The average molecular weight is 324 g/mol. The first-order valence-corrected chi connectivity index (χ1v) is 7.85. The van der Waals surface area contributed by atoms with E-state index < -0.39 is 0 Å². The van der Waals surface area contributed by atoms with Crippen molar-refractivity contribution in [1.29, 1.82) is 0 Å². The normalized spacial score (nSPS) is 30.5. The van der Waals surface area contributed by atoms with E-state index in [0.29, 0.717) is 16.1 Å². The molecule has 1 aliphatic carbocycles. The van der Waals surface area contributed by atoms with Crippen LogP contribution < -0.4 is 5.43 Å². The monoisotopic (exact) mass is 323 g/mol. The molecule has 1 heterocycles. The molecule has 3 atom stereocenters. The predicted molar refractivity (Wildman–Crippen MR) is 81.7 cm³/mol. The van der Waals surface area contributed by atoms with Crippen LogP contribution in [0.25, 0.3) is 0 Å². The lowest BCUT2D eigenvalue weighted by Gasteiger charge is -2.09. The van der Waals surface area contributed by atoms with Crippen LogP contribution >= 0.6 is 27.7 Å². The number of alkyl halides is 1. The molecule has 1 saturated carbocycles. The quantitative estimate of drug-likeness (QED) is 0.516. The molecule has 1 N–H and O–H groups in total. The third-order valence-corrected chi connectivity index (χ3v) is 5.89. The van der Waals surface area contributed by atoms with Crippen LogP contribution in [0.3, 0.4) is 0 Å². The van der Waals surface area contributed by atoms with E-state index in [1.54, 1.807) is 11.8 Å². The van der Waals surface area contributed by atoms with Gasteiger partial charge < -0.3 is 0 Å². The fraction of sp³-hybridized carbons (Fsp3) is 0.385.